The lowest BCUT2D eigenvalue weighted by Gasteiger charge is -2.15. The number of para-hydroxylation sites is 1. The monoisotopic (exact) mass is 274 g/mol. The van der Waals surface area contributed by atoms with Crippen LogP contribution in [-0.2, 0) is 6.54 Å². The zero-order chi connectivity index (χ0) is 14.2. The standard InChI is InChI=1S/C15H18N2O3/c16-8-12-4-1-2-6-15(12)20-11-13(18)10-19-14-5-3-7-17-9-14/h1-7,9,13,18H,8,10-11,16H2. The van der Waals surface area contributed by atoms with Crippen molar-refractivity contribution in [2.45, 2.75) is 12.6 Å². The molecular weight excluding hydrogens is 256 g/mol. The molecule has 20 heavy (non-hydrogen) atoms. The molecule has 1 atom stereocenters. The molecule has 2 rings (SSSR count). The van der Waals surface area contributed by atoms with Gasteiger partial charge in [0.25, 0.3) is 0 Å². The Kier molecular flexibility index (Phi) is 5.34. The third-order valence-corrected chi connectivity index (χ3v) is 2.70. The number of nitrogens with zero attached hydrogens (tertiary/aromatic N) is 1. The third-order valence-electron chi connectivity index (χ3n) is 2.70. The van der Waals surface area contributed by atoms with E-state index in [9.17, 15) is 5.11 Å². The van der Waals surface area contributed by atoms with Crippen molar-refractivity contribution in [1.29, 1.82) is 0 Å². The van der Waals surface area contributed by atoms with E-state index in [4.69, 9.17) is 15.2 Å². The highest BCUT2D eigenvalue weighted by atomic mass is 16.5. The Morgan fingerprint density at radius 3 is 2.65 bits per heavy atom. The highest BCUT2D eigenvalue weighted by Gasteiger charge is 2.08. The van der Waals surface area contributed by atoms with Crippen LogP contribution in [0.15, 0.2) is 48.8 Å². The fourth-order valence-electron chi connectivity index (χ4n) is 1.67. The van der Waals surface area contributed by atoms with Crippen LogP contribution in [0.25, 0.3) is 0 Å². The smallest absolute Gasteiger partial charge is 0.137 e. The first-order valence-electron chi connectivity index (χ1n) is 6.41. The van der Waals surface area contributed by atoms with E-state index in [-0.39, 0.29) is 13.2 Å². The normalized spacial score (nSPS) is 11.9. The zero-order valence-corrected chi connectivity index (χ0v) is 11.1. The number of aliphatic hydroxyl groups is 1. The van der Waals surface area contributed by atoms with Crippen molar-refractivity contribution in [2.75, 3.05) is 13.2 Å². The topological polar surface area (TPSA) is 77.6 Å². The fourth-order valence-corrected chi connectivity index (χ4v) is 1.67. The van der Waals surface area contributed by atoms with Crippen LogP contribution < -0.4 is 15.2 Å². The molecule has 0 bridgehead atoms. The van der Waals surface area contributed by atoms with Crippen molar-refractivity contribution in [2.24, 2.45) is 5.73 Å². The van der Waals surface area contributed by atoms with Crippen molar-refractivity contribution in [3.63, 3.8) is 0 Å². The van der Waals surface area contributed by atoms with E-state index in [2.05, 4.69) is 4.98 Å². The minimum Gasteiger partial charge on any atom is -0.490 e. The van der Waals surface area contributed by atoms with Crippen LogP contribution in [0.5, 0.6) is 11.5 Å². The van der Waals surface area contributed by atoms with Crippen LogP contribution in [0.4, 0.5) is 0 Å². The molecular formula is C15H18N2O3. The summed E-state index contributed by atoms with van der Waals surface area (Å²) in [5.41, 5.74) is 6.53. The summed E-state index contributed by atoms with van der Waals surface area (Å²) in [6.45, 7) is 0.701. The van der Waals surface area contributed by atoms with Crippen molar-refractivity contribution < 1.29 is 14.6 Å². The number of ether oxygens (including phenoxy) is 2. The molecule has 0 aliphatic rings. The van der Waals surface area contributed by atoms with E-state index in [1.807, 2.05) is 24.3 Å². The van der Waals surface area contributed by atoms with Crippen LogP contribution in [-0.4, -0.2) is 29.4 Å². The zero-order valence-electron chi connectivity index (χ0n) is 11.1. The minimum absolute atomic E-state index is 0.149. The third kappa shape index (κ3) is 4.22. The van der Waals surface area contributed by atoms with Gasteiger partial charge in [-0.1, -0.05) is 18.2 Å². The van der Waals surface area contributed by atoms with Gasteiger partial charge in [-0.2, -0.15) is 0 Å². The molecule has 0 saturated carbocycles. The van der Waals surface area contributed by atoms with Crippen molar-refractivity contribution in [1.82, 2.24) is 4.98 Å². The van der Waals surface area contributed by atoms with E-state index in [0.29, 0.717) is 18.0 Å². The molecule has 1 aromatic heterocycles. The fraction of sp³-hybridized carbons (Fsp3) is 0.267. The number of pyridine rings is 1. The van der Waals surface area contributed by atoms with Crippen LogP contribution >= 0.6 is 0 Å². The van der Waals surface area contributed by atoms with E-state index in [1.54, 1.807) is 24.5 Å². The van der Waals surface area contributed by atoms with E-state index >= 15 is 0 Å². The summed E-state index contributed by atoms with van der Waals surface area (Å²) in [6.07, 6.45) is 2.54. The summed E-state index contributed by atoms with van der Waals surface area (Å²) in [7, 11) is 0. The predicted molar refractivity (Wildman–Crippen MR) is 75.6 cm³/mol. The molecule has 0 amide bonds. The Hall–Kier alpha value is -2.11. The lowest BCUT2D eigenvalue weighted by molar-refractivity contribution is 0.0622. The number of nitrogens with two attached hydrogens (primary N) is 1. The Balaban J connectivity index is 1.79. The number of benzene rings is 1. The van der Waals surface area contributed by atoms with Gasteiger partial charge in [0, 0.05) is 18.3 Å². The minimum atomic E-state index is -0.721. The molecule has 0 aliphatic carbocycles. The number of aromatic nitrogens is 1. The largest absolute Gasteiger partial charge is 0.490 e. The van der Waals surface area contributed by atoms with Gasteiger partial charge in [-0.3, -0.25) is 4.98 Å². The van der Waals surface area contributed by atoms with Crippen LogP contribution in [0.3, 0.4) is 0 Å². The summed E-state index contributed by atoms with van der Waals surface area (Å²) < 4.78 is 10.9. The molecule has 5 heteroatoms. The predicted octanol–water partition coefficient (Wildman–Crippen LogP) is 1.36. The average molecular weight is 274 g/mol. The van der Waals surface area contributed by atoms with Crippen molar-refractivity contribution >= 4 is 0 Å². The van der Waals surface area contributed by atoms with E-state index in [0.717, 1.165) is 5.56 Å². The van der Waals surface area contributed by atoms with Crippen LogP contribution in [0.1, 0.15) is 5.56 Å². The van der Waals surface area contributed by atoms with Gasteiger partial charge in [0.05, 0.1) is 6.20 Å². The molecule has 0 fully saturated rings. The Bertz CT molecular complexity index is 520. The van der Waals surface area contributed by atoms with Gasteiger partial charge in [-0.15, -0.1) is 0 Å². The lowest BCUT2D eigenvalue weighted by atomic mass is 10.2. The molecule has 106 valence electrons. The molecule has 5 nitrogen and oxygen atoms in total. The summed E-state index contributed by atoms with van der Waals surface area (Å²) in [6, 6.07) is 11.1. The van der Waals surface area contributed by atoms with Gasteiger partial charge in [-0.05, 0) is 18.2 Å². The quantitative estimate of drug-likeness (QED) is 0.797. The Morgan fingerprint density at radius 1 is 1.10 bits per heavy atom. The van der Waals surface area contributed by atoms with Gasteiger partial charge in [-0.25, -0.2) is 0 Å². The molecule has 2 aromatic rings. The van der Waals surface area contributed by atoms with Crippen LogP contribution in [0, 0.1) is 0 Å². The second-order valence-corrected chi connectivity index (χ2v) is 4.28. The highest BCUT2D eigenvalue weighted by molar-refractivity contribution is 5.33. The Labute approximate surface area is 118 Å². The SMILES string of the molecule is NCc1ccccc1OCC(O)COc1cccnc1. The number of aliphatic hydroxyl groups excluding tert-OH is 1. The summed E-state index contributed by atoms with van der Waals surface area (Å²) in [5.74, 6) is 1.31. The van der Waals surface area contributed by atoms with E-state index < -0.39 is 6.10 Å². The molecule has 0 spiro atoms. The molecule has 1 aromatic carbocycles. The first-order chi connectivity index (χ1) is 9.79. The molecule has 0 radical (unpaired) electrons. The molecule has 1 unspecified atom stereocenters. The summed E-state index contributed by atoms with van der Waals surface area (Å²) in [5, 5.41) is 9.83. The molecule has 1 heterocycles. The molecule has 3 N–H and O–H groups in total. The van der Waals surface area contributed by atoms with Gasteiger partial charge >= 0.3 is 0 Å². The van der Waals surface area contributed by atoms with Gasteiger partial charge < -0.3 is 20.3 Å². The maximum absolute atomic E-state index is 9.83. The average Bonchev–Trinajstić information content (AvgIpc) is 2.52. The second-order valence-electron chi connectivity index (χ2n) is 4.28. The Morgan fingerprint density at radius 2 is 1.90 bits per heavy atom. The van der Waals surface area contributed by atoms with Gasteiger partial charge in [0.15, 0.2) is 0 Å². The van der Waals surface area contributed by atoms with Gasteiger partial charge in [0.2, 0.25) is 0 Å². The number of hydrogen-bond donors (Lipinski definition) is 2. The second kappa shape index (κ2) is 7.47. The first kappa shape index (κ1) is 14.3. The first-order valence-corrected chi connectivity index (χ1v) is 6.41. The van der Waals surface area contributed by atoms with Crippen molar-refractivity contribution in [3.05, 3.63) is 54.4 Å². The molecule has 0 aliphatic heterocycles. The van der Waals surface area contributed by atoms with Crippen LogP contribution in [0.2, 0.25) is 0 Å². The van der Waals surface area contributed by atoms with Gasteiger partial charge in [0.1, 0.15) is 30.8 Å². The summed E-state index contributed by atoms with van der Waals surface area (Å²) in [4.78, 5) is 3.93. The molecule has 0 saturated heterocycles. The van der Waals surface area contributed by atoms with E-state index in [1.165, 1.54) is 0 Å². The summed E-state index contributed by atoms with van der Waals surface area (Å²) >= 11 is 0. The number of hydrogen-bond acceptors (Lipinski definition) is 5. The highest BCUT2D eigenvalue weighted by Crippen LogP contribution is 2.17. The van der Waals surface area contributed by atoms with Crippen molar-refractivity contribution in [3.8, 4) is 11.5 Å². The maximum atomic E-state index is 9.83. The number of rotatable bonds is 7. The lowest BCUT2D eigenvalue weighted by Crippen LogP contribution is -2.25. The maximum Gasteiger partial charge on any atom is 0.137 e.